The maximum Gasteiger partial charge on any atom is 0.0417 e. The molecule has 15 heavy (non-hydrogen) atoms. The third-order valence-corrected chi connectivity index (χ3v) is 4.10. The quantitative estimate of drug-likeness (QED) is 0.882. The molecular formula is C12H15BrClN. The van der Waals surface area contributed by atoms with Gasteiger partial charge in [0.15, 0.2) is 0 Å². The maximum atomic E-state index is 6.18. The van der Waals surface area contributed by atoms with Crippen LogP contribution in [0.3, 0.4) is 0 Å². The van der Waals surface area contributed by atoms with Crippen LogP contribution in [0, 0.1) is 5.92 Å². The van der Waals surface area contributed by atoms with Gasteiger partial charge < -0.3 is 5.73 Å². The molecule has 1 atom stereocenters. The smallest absolute Gasteiger partial charge is 0.0417 e. The first-order valence-corrected chi connectivity index (χ1v) is 6.54. The molecule has 1 aliphatic carbocycles. The molecule has 1 aromatic carbocycles. The fraction of sp³-hybridized carbons (Fsp3) is 0.500. The monoisotopic (exact) mass is 287 g/mol. The molecule has 0 heterocycles. The van der Waals surface area contributed by atoms with Gasteiger partial charge in [0.1, 0.15) is 0 Å². The van der Waals surface area contributed by atoms with E-state index in [0.29, 0.717) is 0 Å². The summed E-state index contributed by atoms with van der Waals surface area (Å²) in [4.78, 5) is 0. The molecule has 0 aromatic heterocycles. The first-order chi connectivity index (χ1) is 7.16. The van der Waals surface area contributed by atoms with Crippen molar-refractivity contribution in [3.63, 3.8) is 0 Å². The van der Waals surface area contributed by atoms with Crippen LogP contribution in [-0.2, 0) is 0 Å². The zero-order valence-corrected chi connectivity index (χ0v) is 10.9. The zero-order chi connectivity index (χ0) is 10.8. The van der Waals surface area contributed by atoms with Crippen LogP contribution < -0.4 is 5.73 Å². The highest BCUT2D eigenvalue weighted by molar-refractivity contribution is 9.10. The second kappa shape index (κ2) is 4.86. The highest BCUT2D eigenvalue weighted by Crippen LogP contribution is 2.36. The summed E-state index contributed by atoms with van der Waals surface area (Å²) in [5.74, 6) is 0.836. The summed E-state index contributed by atoms with van der Waals surface area (Å²) in [6.45, 7) is 0. The highest BCUT2D eigenvalue weighted by atomic mass is 79.9. The number of halogens is 2. The van der Waals surface area contributed by atoms with Gasteiger partial charge in [-0.3, -0.25) is 0 Å². The topological polar surface area (TPSA) is 26.0 Å². The lowest BCUT2D eigenvalue weighted by atomic mass is 9.80. The molecule has 1 nitrogen and oxygen atoms in total. The Labute approximate surface area is 104 Å². The molecule has 0 aliphatic heterocycles. The normalized spacial score (nSPS) is 18.6. The second-order valence-electron chi connectivity index (χ2n) is 4.30. The summed E-state index contributed by atoms with van der Waals surface area (Å²) < 4.78 is 1.03. The van der Waals surface area contributed by atoms with Gasteiger partial charge in [0, 0.05) is 15.5 Å². The van der Waals surface area contributed by atoms with Crippen molar-refractivity contribution in [2.45, 2.75) is 31.7 Å². The molecule has 0 spiro atoms. The summed E-state index contributed by atoms with van der Waals surface area (Å²) in [7, 11) is 0. The molecule has 1 aliphatic rings. The van der Waals surface area contributed by atoms with Gasteiger partial charge in [-0.15, -0.1) is 0 Å². The fourth-order valence-corrected chi connectivity index (χ4v) is 2.99. The van der Waals surface area contributed by atoms with Crippen molar-refractivity contribution in [1.82, 2.24) is 0 Å². The molecule has 0 radical (unpaired) electrons. The molecule has 0 saturated heterocycles. The van der Waals surface area contributed by atoms with Gasteiger partial charge in [-0.1, -0.05) is 52.9 Å². The Hall–Kier alpha value is -0.0500. The van der Waals surface area contributed by atoms with Crippen LogP contribution in [0.4, 0.5) is 0 Å². The predicted molar refractivity (Wildman–Crippen MR) is 68.0 cm³/mol. The standard InChI is InChI=1S/C12H15BrClN/c13-11-7-9(14)4-5-10(11)12(15)6-8-2-1-3-8/h4-5,7-8,12H,1-3,6,15H2. The molecule has 1 saturated carbocycles. The summed E-state index contributed by atoms with van der Waals surface area (Å²) in [6, 6.07) is 5.98. The van der Waals surface area contributed by atoms with Crippen LogP contribution in [0.15, 0.2) is 22.7 Å². The number of hydrogen-bond acceptors (Lipinski definition) is 1. The molecule has 2 rings (SSSR count). The van der Waals surface area contributed by atoms with Gasteiger partial charge in [-0.25, -0.2) is 0 Å². The summed E-state index contributed by atoms with van der Waals surface area (Å²) in [5.41, 5.74) is 7.36. The van der Waals surface area contributed by atoms with E-state index in [0.717, 1.165) is 21.8 Å². The number of hydrogen-bond donors (Lipinski definition) is 1. The molecule has 1 aromatic rings. The predicted octanol–water partition coefficient (Wildman–Crippen LogP) is 4.29. The first-order valence-electron chi connectivity index (χ1n) is 5.37. The van der Waals surface area contributed by atoms with E-state index < -0.39 is 0 Å². The third kappa shape index (κ3) is 2.74. The van der Waals surface area contributed by atoms with E-state index in [1.807, 2.05) is 18.2 Å². The Morgan fingerprint density at radius 2 is 2.20 bits per heavy atom. The molecule has 82 valence electrons. The Morgan fingerprint density at radius 1 is 1.47 bits per heavy atom. The molecule has 0 amide bonds. The zero-order valence-electron chi connectivity index (χ0n) is 8.55. The lowest BCUT2D eigenvalue weighted by Crippen LogP contribution is -2.20. The molecular weight excluding hydrogens is 273 g/mol. The van der Waals surface area contributed by atoms with E-state index in [-0.39, 0.29) is 6.04 Å². The molecule has 1 unspecified atom stereocenters. The second-order valence-corrected chi connectivity index (χ2v) is 5.60. The third-order valence-electron chi connectivity index (χ3n) is 3.17. The van der Waals surface area contributed by atoms with Crippen LogP contribution in [0.5, 0.6) is 0 Å². The number of nitrogens with two attached hydrogens (primary N) is 1. The van der Waals surface area contributed by atoms with Crippen molar-refractivity contribution in [2.24, 2.45) is 11.7 Å². The Kier molecular flexibility index (Phi) is 3.70. The number of rotatable bonds is 3. The Morgan fingerprint density at radius 3 is 2.73 bits per heavy atom. The van der Waals surface area contributed by atoms with Crippen molar-refractivity contribution < 1.29 is 0 Å². The highest BCUT2D eigenvalue weighted by Gasteiger charge is 2.21. The Balaban J connectivity index is 2.06. The first kappa shape index (κ1) is 11.4. The summed E-state index contributed by atoms with van der Waals surface area (Å²) in [6.07, 6.45) is 5.16. The van der Waals surface area contributed by atoms with Crippen molar-refractivity contribution in [3.8, 4) is 0 Å². The van der Waals surface area contributed by atoms with E-state index in [9.17, 15) is 0 Å². The van der Waals surface area contributed by atoms with Crippen molar-refractivity contribution >= 4 is 27.5 Å². The summed E-state index contributed by atoms with van der Waals surface area (Å²) in [5, 5.41) is 0.751. The average Bonchev–Trinajstić information content (AvgIpc) is 2.11. The molecule has 1 fully saturated rings. The maximum absolute atomic E-state index is 6.18. The van der Waals surface area contributed by atoms with Crippen molar-refractivity contribution in [1.29, 1.82) is 0 Å². The number of benzene rings is 1. The van der Waals surface area contributed by atoms with Gasteiger partial charge >= 0.3 is 0 Å². The largest absolute Gasteiger partial charge is 0.324 e. The Bertz CT molecular complexity index is 349. The minimum Gasteiger partial charge on any atom is -0.324 e. The minimum absolute atomic E-state index is 0.141. The SMILES string of the molecule is NC(CC1CCC1)c1ccc(Cl)cc1Br. The lowest BCUT2D eigenvalue weighted by Gasteiger charge is -2.28. The van der Waals surface area contributed by atoms with Gasteiger partial charge in [0.25, 0.3) is 0 Å². The van der Waals surface area contributed by atoms with Crippen LogP contribution in [0.2, 0.25) is 5.02 Å². The summed E-state index contributed by atoms with van der Waals surface area (Å²) >= 11 is 9.41. The van der Waals surface area contributed by atoms with E-state index in [1.165, 1.54) is 24.8 Å². The lowest BCUT2D eigenvalue weighted by molar-refractivity contribution is 0.277. The minimum atomic E-state index is 0.141. The van der Waals surface area contributed by atoms with Crippen LogP contribution in [-0.4, -0.2) is 0 Å². The van der Waals surface area contributed by atoms with Crippen molar-refractivity contribution in [2.75, 3.05) is 0 Å². The van der Waals surface area contributed by atoms with Gasteiger partial charge in [0.2, 0.25) is 0 Å². The fourth-order valence-electron chi connectivity index (χ4n) is 2.02. The van der Waals surface area contributed by atoms with E-state index in [2.05, 4.69) is 15.9 Å². The molecule has 0 bridgehead atoms. The van der Waals surface area contributed by atoms with Crippen LogP contribution in [0.25, 0.3) is 0 Å². The van der Waals surface area contributed by atoms with Crippen molar-refractivity contribution in [3.05, 3.63) is 33.3 Å². The van der Waals surface area contributed by atoms with E-state index in [1.54, 1.807) is 0 Å². The van der Waals surface area contributed by atoms with Gasteiger partial charge in [0.05, 0.1) is 0 Å². The van der Waals surface area contributed by atoms with E-state index >= 15 is 0 Å². The van der Waals surface area contributed by atoms with Gasteiger partial charge in [-0.05, 0) is 30.0 Å². The molecule has 2 N–H and O–H groups in total. The van der Waals surface area contributed by atoms with Crippen LogP contribution >= 0.6 is 27.5 Å². The average molecular weight is 289 g/mol. The van der Waals surface area contributed by atoms with Crippen LogP contribution in [0.1, 0.15) is 37.3 Å². The molecule has 3 heteroatoms. The van der Waals surface area contributed by atoms with E-state index in [4.69, 9.17) is 17.3 Å². The van der Waals surface area contributed by atoms with Gasteiger partial charge in [-0.2, -0.15) is 0 Å².